The maximum atomic E-state index is 5.77. The molecule has 2 fully saturated rings. The molecular weight excluding hydrogens is 439 g/mol. The Balaban J connectivity index is 1.71. The van der Waals surface area contributed by atoms with E-state index in [1.54, 1.807) is 12.4 Å². The van der Waals surface area contributed by atoms with Crippen molar-refractivity contribution < 1.29 is 17.5 Å². The van der Waals surface area contributed by atoms with Gasteiger partial charge in [0.05, 0.1) is 0 Å². The zero-order valence-electron chi connectivity index (χ0n) is 7.78. The third-order valence-electron chi connectivity index (χ3n) is 3.18. The van der Waals surface area contributed by atoms with Crippen molar-refractivity contribution in [2.75, 3.05) is 13.1 Å². The first-order valence-corrected chi connectivity index (χ1v) is 12.4. The van der Waals surface area contributed by atoms with Crippen LogP contribution >= 0.6 is 30.2 Å². The van der Waals surface area contributed by atoms with Gasteiger partial charge in [-0.05, 0) is 0 Å². The summed E-state index contributed by atoms with van der Waals surface area (Å²) in [4.78, 5) is 8.64. The summed E-state index contributed by atoms with van der Waals surface area (Å²) in [5.41, 5.74) is 0. The summed E-state index contributed by atoms with van der Waals surface area (Å²) in [6.45, 7) is 2.52. The molecule has 2 heterocycles. The molecule has 1 saturated carbocycles. The van der Waals surface area contributed by atoms with E-state index in [1.807, 2.05) is 0 Å². The van der Waals surface area contributed by atoms with Gasteiger partial charge in [0.25, 0.3) is 0 Å². The van der Waals surface area contributed by atoms with Gasteiger partial charge in [0, 0.05) is 0 Å². The summed E-state index contributed by atoms with van der Waals surface area (Å²) in [5, 5.41) is 0.629. The monoisotopic (exact) mass is 448 g/mol. The third kappa shape index (κ3) is 2.00. The number of hydrogen-bond donors (Lipinski definition) is 0. The van der Waals surface area contributed by atoms with Crippen LogP contribution in [0.2, 0.25) is 5.02 Å². The average molecular weight is 448 g/mol. The summed E-state index contributed by atoms with van der Waals surface area (Å²) >= 11 is 8.56. The molecule has 2 aliphatic rings. The van der Waals surface area contributed by atoms with E-state index < -0.39 is 0 Å². The van der Waals surface area contributed by atoms with Crippen molar-refractivity contribution in [3.05, 3.63) is 23.2 Å². The number of hydrogen-bond acceptors (Lipinski definition) is 3. The van der Waals surface area contributed by atoms with Gasteiger partial charge in [-0.1, -0.05) is 0 Å². The van der Waals surface area contributed by atoms with E-state index in [2.05, 4.69) is 31.7 Å². The fourth-order valence-corrected chi connectivity index (χ4v) is 5.71. The molecule has 6 heteroatoms. The van der Waals surface area contributed by atoms with Gasteiger partial charge in [0.1, 0.15) is 0 Å². The second-order valence-corrected chi connectivity index (χ2v) is 8.62. The molecule has 1 saturated heterocycles. The zero-order valence-corrected chi connectivity index (χ0v) is 12.8. The summed E-state index contributed by atoms with van der Waals surface area (Å²) in [6.07, 6.45) is 3.42. The summed E-state index contributed by atoms with van der Waals surface area (Å²) in [5.74, 6) is 3.26. The Bertz CT molecular complexity index is 360. The van der Waals surface area contributed by atoms with Gasteiger partial charge >= 0.3 is 115 Å². The Kier molecular flexibility index (Phi) is 3.08. The van der Waals surface area contributed by atoms with Crippen LogP contribution in [0.4, 0.5) is 0 Å². The maximum absolute atomic E-state index is 5.77. The van der Waals surface area contributed by atoms with E-state index in [4.69, 9.17) is 11.6 Å². The second-order valence-electron chi connectivity index (χ2n) is 4.00. The van der Waals surface area contributed by atoms with Gasteiger partial charge < -0.3 is 0 Å². The van der Waals surface area contributed by atoms with Gasteiger partial charge in [-0.15, -0.1) is 0 Å². The van der Waals surface area contributed by atoms with Gasteiger partial charge in [0.15, 0.2) is 0 Å². The number of halogens is 3. The SMILES string of the molecule is Clc1cnc(C2C3CN([I-]I)CC32)nc1. The van der Waals surface area contributed by atoms with E-state index in [9.17, 15) is 0 Å². The molecule has 0 spiro atoms. The standard InChI is InChI=1S/C9H9ClI2N3/c10-5-1-13-9(14-2-5)8-6-3-15(12-11)4-7(6)8/h1-2,6-8H,3-4H2/q-1. The van der Waals surface area contributed by atoms with E-state index in [0.717, 1.165) is 17.7 Å². The van der Waals surface area contributed by atoms with Gasteiger partial charge in [-0.3, -0.25) is 0 Å². The van der Waals surface area contributed by atoms with Crippen LogP contribution in [0, 0.1) is 11.8 Å². The van der Waals surface area contributed by atoms with E-state index in [0.29, 0.717) is 10.9 Å². The Morgan fingerprint density at radius 2 is 1.93 bits per heavy atom. The molecule has 1 aromatic heterocycles. The van der Waals surface area contributed by atoms with Crippen molar-refractivity contribution in [3.63, 3.8) is 0 Å². The molecule has 1 aliphatic carbocycles. The fourth-order valence-electron chi connectivity index (χ4n) is 2.40. The normalized spacial score (nSPS) is 34.4. The van der Waals surface area contributed by atoms with E-state index in [1.165, 1.54) is 13.1 Å². The summed E-state index contributed by atoms with van der Waals surface area (Å²) in [7, 11) is 0. The van der Waals surface area contributed by atoms with Crippen molar-refractivity contribution in [1.82, 2.24) is 13.1 Å². The number of aromatic nitrogens is 2. The van der Waals surface area contributed by atoms with Crippen molar-refractivity contribution in [3.8, 4) is 0 Å². The summed E-state index contributed by atoms with van der Waals surface area (Å²) in [6, 6.07) is 0. The van der Waals surface area contributed by atoms with Crippen LogP contribution in [0.25, 0.3) is 0 Å². The van der Waals surface area contributed by atoms with Crippen LogP contribution in [0.1, 0.15) is 11.7 Å². The molecular formula is C9H9ClI2N3-. The third-order valence-corrected chi connectivity index (χ3v) is 8.14. The van der Waals surface area contributed by atoms with Crippen LogP contribution in [0.15, 0.2) is 12.4 Å². The molecule has 1 aliphatic heterocycles. The Hall–Kier alpha value is 0.790. The molecule has 3 rings (SSSR count). The van der Waals surface area contributed by atoms with Gasteiger partial charge in [0.2, 0.25) is 0 Å². The zero-order chi connectivity index (χ0) is 10.4. The van der Waals surface area contributed by atoms with Crippen molar-refractivity contribution in [2.45, 2.75) is 5.92 Å². The van der Waals surface area contributed by atoms with Crippen LogP contribution in [0.3, 0.4) is 0 Å². The molecule has 2 unspecified atom stereocenters. The Labute approximate surface area is 114 Å². The van der Waals surface area contributed by atoms with Crippen molar-refractivity contribution in [2.24, 2.45) is 11.8 Å². The quantitative estimate of drug-likeness (QED) is 0.435. The molecule has 1 aromatic rings. The Morgan fingerprint density at radius 1 is 1.33 bits per heavy atom. The molecule has 0 aromatic carbocycles. The van der Waals surface area contributed by atoms with Gasteiger partial charge in [-0.2, -0.15) is 0 Å². The van der Waals surface area contributed by atoms with Gasteiger partial charge in [-0.25, -0.2) is 0 Å². The first-order chi connectivity index (χ1) is 7.29. The first-order valence-electron chi connectivity index (χ1n) is 4.78. The molecule has 82 valence electrons. The number of rotatable bonds is 2. The second kappa shape index (κ2) is 4.23. The molecule has 2 atom stereocenters. The molecule has 0 N–H and O–H groups in total. The van der Waals surface area contributed by atoms with Crippen molar-refractivity contribution >= 4 is 30.2 Å². The molecule has 0 bridgehead atoms. The number of nitrogens with zero attached hydrogens (tertiary/aromatic N) is 3. The molecule has 0 radical (unpaired) electrons. The Morgan fingerprint density at radius 3 is 2.47 bits per heavy atom. The minimum absolute atomic E-state index is 0.254. The predicted octanol–water partition coefficient (Wildman–Crippen LogP) is -0.871. The van der Waals surface area contributed by atoms with Crippen LogP contribution in [0.5, 0.6) is 0 Å². The fraction of sp³-hybridized carbons (Fsp3) is 0.556. The minimum atomic E-state index is 0.254. The van der Waals surface area contributed by atoms with Crippen LogP contribution < -0.4 is 17.5 Å². The van der Waals surface area contributed by atoms with E-state index >= 15 is 0 Å². The van der Waals surface area contributed by atoms with Crippen LogP contribution in [-0.2, 0) is 0 Å². The topological polar surface area (TPSA) is 29.0 Å². The molecule has 3 nitrogen and oxygen atoms in total. The summed E-state index contributed by atoms with van der Waals surface area (Å²) < 4.78 is 2.60. The average Bonchev–Trinajstić information content (AvgIpc) is 2.75. The van der Waals surface area contributed by atoms with Crippen LogP contribution in [-0.4, -0.2) is 26.2 Å². The predicted molar refractivity (Wildman–Crippen MR) is 62.4 cm³/mol. The number of piperidine rings is 1. The van der Waals surface area contributed by atoms with E-state index in [-0.39, 0.29) is 17.5 Å². The molecule has 15 heavy (non-hydrogen) atoms. The first kappa shape index (κ1) is 10.9. The van der Waals surface area contributed by atoms with Crippen molar-refractivity contribution in [1.29, 1.82) is 0 Å². The number of fused-ring (bicyclic) bond motifs is 1. The molecule has 0 amide bonds.